The Labute approximate surface area is 73.1 Å². The molecule has 1 unspecified atom stereocenters. The summed E-state index contributed by atoms with van der Waals surface area (Å²) in [6.45, 7) is 2.31. The van der Waals surface area contributed by atoms with Crippen molar-refractivity contribution in [3.63, 3.8) is 0 Å². The first-order valence-corrected chi connectivity index (χ1v) is 4.11. The van der Waals surface area contributed by atoms with Gasteiger partial charge in [-0.05, 0) is 6.92 Å². The molecular weight excluding hydrogens is 212 g/mol. The van der Waals surface area contributed by atoms with Crippen LogP contribution < -0.4 is 0 Å². The zero-order chi connectivity index (χ0) is 8.27. The van der Waals surface area contributed by atoms with Gasteiger partial charge in [-0.1, -0.05) is 21.1 Å². The maximum atomic E-state index is 4.89. The van der Waals surface area contributed by atoms with E-state index in [0.29, 0.717) is 18.3 Å². The van der Waals surface area contributed by atoms with E-state index < -0.39 is 0 Å². The Morgan fingerprint density at radius 3 is 2.91 bits per heavy atom. The highest BCUT2D eigenvalue weighted by Gasteiger charge is 2.09. The van der Waals surface area contributed by atoms with Crippen LogP contribution in [0.25, 0.3) is 0 Å². The van der Waals surface area contributed by atoms with E-state index in [-0.39, 0.29) is 4.83 Å². The van der Waals surface area contributed by atoms with Crippen molar-refractivity contribution in [3.05, 3.63) is 11.7 Å². The molecule has 62 valence electrons. The van der Waals surface area contributed by atoms with E-state index in [0.717, 1.165) is 0 Å². The number of aromatic nitrogens is 2. The van der Waals surface area contributed by atoms with Gasteiger partial charge in [-0.15, -0.1) is 0 Å². The molecule has 1 heterocycles. The highest BCUT2D eigenvalue weighted by molar-refractivity contribution is 9.09. The Kier molecular flexibility index (Phi) is 3.02. The number of alkyl halides is 1. The van der Waals surface area contributed by atoms with Gasteiger partial charge in [0.15, 0.2) is 5.82 Å². The predicted molar refractivity (Wildman–Crippen MR) is 42.4 cm³/mol. The van der Waals surface area contributed by atoms with Crippen LogP contribution in [0.2, 0.25) is 0 Å². The van der Waals surface area contributed by atoms with Crippen molar-refractivity contribution >= 4 is 15.9 Å². The number of hydrogen-bond acceptors (Lipinski definition) is 4. The normalized spacial score (nSPS) is 13.4. The van der Waals surface area contributed by atoms with Crippen molar-refractivity contribution in [3.8, 4) is 0 Å². The minimum absolute atomic E-state index is 0.0978. The molecule has 0 saturated carbocycles. The Bertz CT molecular complexity index is 224. The summed E-state index contributed by atoms with van der Waals surface area (Å²) in [5, 5.41) is 3.69. The van der Waals surface area contributed by atoms with Crippen LogP contribution in [0.5, 0.6) is 0 Å². The lowest BCUT2D eigenvalue weighted by atomic mass is 10.5. The van der Waals surface area contributed by atoms with Gasteiger partial charge in [0.05, 0.1) is 4.83 Å². The molecule has 0 aliphatic carbocycles. The highest BCUT2D eigenvalue weighted by Crippen LogP contribution is 2.18. The minimum Gasteiger partial charge on any atom is -0.377 e. The smallest absolute Gasteiger partial charge is 0.240 e. The lowest BCUT2D eigenvalue weighted by Crippen LogP contribution is -1.90. The molecule has 0 bridgehead atoms. The summed E-state index contributed by atoms with van der Waals surface area (Å²) in [6.07, 6.45) is 0. The molecule has 5 heteroatoms. The monoisotopic (exact) mass is 220 g/mol. The van der Waals surface area contributed by atoms with Gasteiger partial charge in [0.2, 0.25) is 5.89 Å². The number of nitrogens with zero attached hydrogens (tertiary/aromatic N) is 2. The fraction of sp³-hybridized carbons (Fsp3) is 0.667. The van der Waals surface area contributed by atoms with Gasteiger partial charge in [0.1, 0.15) is 6.61 Å². The molecule has 0 aliphatic rings. The zero-order valence-corrected chi connectivity index (χ0v) is 7.96. The zero-order valence-electron chi connectivity index (χ0n) is 6.37. The standard InChI is InChI=1S/C6H9BrN2O2/c1-4(7)6-8-5(3-10-2)9-11-6/h4H,3H2,1-2H3. The Hall–Kier alpha value is -0.420. The first-order chi connectivity index (χ1) is 5.24. The van der Waals surface area contributed by atoms with Gasteiger partial charge in [-0.25, -0.2) is 0 Å². The Balaban J connectivity index is 2.66. The predicted octanol–water partition coefficient (Wildman–Crippen LogP) is 1.67. The van der Waals surface area contributed by atoms with Crippen molar-refractivity contribution in [1.29, 1.82) is 0 Å². The Morgan fingerprint density at radius 1 is 1.73 bits per heavy atom. The molecule has 0 fully saturated rings. The summed E-state index contributed by atoms with van der Waals surface area (Å²) in [5.74, 6) is 1.16. The van der Waals surface area contributed by atoms with Crippen LogP contribution in [-0.4, -0.2) is 17.3 Å². The summed E-state index contributed by atoms with van der Waals surface area (Å²) < 4.78 is 9.71. The van der Waals surface area contributed by atoms with E-state index >= 15 is 0 Å². The third-order valence-electron chi connectivity index (χ3n) is 1.10. The number of methoxy groups -OCH3 is 1. The van der Waals surface area contributed by atoms with E-state index in [1.807, 2.05) is 6.92 Å². The maximum absolute atomic E-state index is 4.89. The quantitative estimate of drug-likeness (QED) is 0.728. The summed E-state index contributed by atoms with van der Waals surface area (Å²) in [4.78, 5) is 4.15. The SMILES string of the molecule is COCc1noc(C(C)Br)n1. The third kappa shape index (κ3) is 2.27. The van der Waals surface area contributed by atoms with Crippen LogP contribution in [0.4, 0.5) is 0 Å². The van der Waals surface area contributed by atoms with E-state index in [1.54, 1.807) is 7.11 Å². The summed E-state index contributed by atoms with van der Waals surface area (Å²) in [7, 11) is 1.59. The molecular formula is C6H9BrN2O2. The van der Waals surface area contributed by atoms with Crippen LogP contribution in [-0.2, 0) is 11.3 Å². The third-order valence-corrected chi connectivity index (χ3v) is 1.49. The largest absolute Gasteiger partial charge is 0.377 e. The van der Waals surface area contributed by atoms with Crippen LogP contribution in [0.15, 0.2) is 4.52 Å². The molecule has 0 spiro atoms. The van der Waals surface area contributed by atoms with Crippen molar-refractivity contribution < 1.29 is 9.26 Å². The molecule has 1 atom stereocenters. The van der Waals surface area contributed by atoms with E-state index in [1.165, 1.54) is 0 Å². The fourth-order valence-corrected chi connectivity index (χ4v) is 0.803. The molecule has 0 aliphatic heterocycles. The van der Waals surface area contributed by atoms with Gasteiger partial charge in [-0.3, -0.25) is 0 Å². The molecule has 0 aromatic carbocycles. The second-order valence-corrected chi connectivity index (χ2v) is 3.47. The molecule has 4 nitrogen and oxygen atoms in total. The lowest BCUT2D eigenvalue weighted by molar-refractivity contribution is 0.174. The van der Waals surface area contributed by atoms with Crippen molar-refractivity contribution in [2.75, 3.05) is 7.11 Å². The van der Waals surface area contributed by atoms with Gasteiger partial charge >= 0.3 is 0 Å². The molecule has 1 rings (SSSR count). The van der Waals surface area contributed by atoms with Gasteiger partial charge < -0.3 is 9.26 Å². The first kappa shape index (κ1) is 8.67. The van der Waals surface area contributed by atoms with Gasteiger partial charge in [-0.2, -0.15) is 4.98 Å². The van der Waals surface area contributed by atoms with E-state index in [9.17, 15) is 0 Å². The number of ether oxygens (including phenoxy) is 1. The first-order valence-electron chi connectivity index (χ1n) is 3.19. The van der Waals surface area contributed by atoms with E-state index in [4.69, 9.17) is 9.26 Å². The number of hydrogen-bond donors (Lipinski definition) is 0. The van der Waals surface area contributed by atoms with Gasteiger partial charge in [0, 0.05) is 7.11 Å². The highest BCUT2D eigenvalue weighted by atomic mass is 79.9. The van der Waals surface area contributed by atoms with Crippen LogP contribution in [0, 0.1) is 0 Å². The van der Waals surface area contributed by atoms with Crippen LogP contribution in [0.3, 0.4) is 0 Å². The van der Waals surface area contributed by atoms with Crippen molar-refractivity contribution in [1.82, 2.24) is 10.1 Å². The number of halogens is 1. The second kappa shape index (κ2) is 3.82. The van der Waals surface area contributed by atoms with Crippen molar-refractivity contribution in [2.45, 2.75) is 18.4 Å². The minimum atomic E-state index is 0.0978. The maximum Gasteiger partial charge on any atom is 0.240 e. The molecule has 0 N–H and O–H groups in total. The number of rotatable bonds is 3. The fourth-order valence-electron chi connectivity index (χ4n) is 0.617. The summed E-state index contributed by atoms with van der Waals surface area (Å²) in [5.41, 5.74) is 0. The summed E-state index contributed by atoms with van der Waals surface area (Å²) >= 11 is 3.31. The van der Waals surface area contributed by atoms with E-state index in [2.05, 4.69) is 26.1 Å². The van der Waals surface area contributed by atoms with Crippen LogP contribution in [0.1, 0.15) is 23.5 Å². The van der Waals surface area contributed by atoms with Crippen molar-refractivity contribution in [2.24, 2.45) is 0 Å². The molecule has 1 aromatic heterocycles. The Morgan fingerprint density at radius 2 is 2.45 bits per heavy atom. The molecule has 0 saturated heterocycles. The lowest BCUT2D eigenvalue weighted by Gasteiger charge is -1.90. The van der Waals surface area contributed by atoms with Gasteiger partial charge in [0.25, 0.3) is 0 Å². The average Bonchev–Trinajstić information content (AvgIpc) is 2.37. The van der Waals surface area contributed by atoms with Crippen LogP contribution >= 0.6 is 15.9 Å². The second-order valence-electron chi connectivity index (χ2n) is 2.10. The molecule has 0 amide bonds. The summed E-state index contributed by atoms with van der Waals surface area (Å²) in [6, 6.07) is 0. The molecule has 0 radical (unpaired) electrons. The molecule has 11 heavy (non-hydrogen) atoms. The molecule has 1 aromatic rings. The average molecular weight is 221 g/mol. The topological polar surface area (TPSA) is 48.2 Å².